The monoisotopic (exact) mass is 490 g/mol. The van der Waals surface area contributed by atoms with Crippen molar-refractivity contribution in [1.29, 1.82) is 0 Å². The number of hydrogen-bond donors (Lipinski definition) is 0. The largest absolute Gasteiger partial charge is 0.341 e. The van der Waals surface area contributed by atoms with Crippen molar-refractivity contribution >= 4 is 48.8 Å². The van der Waals surface area contributed by atoms with Crippen molar-refractivity contribution < 1.29 is 13.2 Å². The van der Waals surface area contributed by atoms with E-state index in [1.165, 1.54) is 20.3 Å². The number of rotatable bonds is 5. The predicted molar refractivity (Wildman–Crippen MR) is 128 cm³/mol. The molecule has 7 nitrogen and oxygen atoms in total. The summed E-state index contributed by atoms with van der Waals surface area (Å²) < 4.78 is 28.5. The lowest BCUT2D eigenvalue weighted by Crippen LogP contribution is -2.52. The maximum atomic E-state index is 13.0. The highest BCUT2D eigenvalue weighted by Gasteiger charge is 2.32. The fraction of sp³-hybridized carbons (Fsp3) is 0.455. The minimum atomic E-state index is -3.42. The molecule has 2 aliphatic rings. The van der Waals surface area contributed by atoms with E-state index in [4.69, 9.17) is 4.98 Å². The van der Waals surface area contributed by atoms with Crippen molar-refractivity contribution in [2.24, 2.45) is 0 Å². The van der Waals surface area contributed by atoms with E-state index in [1.807, 2.05) is 23.1 Å². The lowest BCUT2D eigenvalue weighted by Gasteiger charge is -2.36. The Morgan fingerprint density at radius 1 is 1.06 bits per heavy atom. The van der Waals surface area contributed by atoms with Crippen LogP contribution in [-0.2, 0) is 14.8 Å². The van der Waals surface area contributed by atoms with Gasteiger partial charge in [0.05, 0.1) is 21.8 Å². The zero-order chi connectivity index (χ0) is 22.1. The maximum absolute atomic E-state index is 13.0. The summed E-state index contributed by atoms with van der Waals surface area (Å²) in [5, 5.41) is 2.90. The van der Waals surface area contributed by atoms with Gasteiger partial charge in [0.15, 0.2) is 0 Å². The first kappa shape index (κ1) is 22.0. The van der Waals surface area contributed by atoms with Crippen LogP contribution in [0.15, 0.2) is 46.0 Å². The fourth-order valence-electron chi connectivity index (χ4n) is 4.43. The molecule has 2 fully saturated rings. The molecule has 4 heterocycles. The summed E-state index contributed by atoms with van der Waals surface area (Å²) in [6, 6.07) is 11.6. The lowest BCUT2D eigenvalue weighted by molar-refractivity contribution is -0.133. The molecule has 2 aliphatic heterocycles. The summed E-state index contributed by atoms with van der Waals surface area (Å²) >= 11 is 2.98. The molecule has 0 unspecified atom stereocenters. The van der Waals surface area contributed by atoms with E-state index >= 15 is 0 Å². The van der Waals surface area contributed by atoms with Gasteiger partial charge in [0.2, 0.25) is 5.91 Å². The van der Waals surface area contributed by atoms with E-state index in [0.29, 0.717) is 43.5 Å². The summed E-state index contributed by atoms with van der Waals surface area (Å²) in [5.74, 6) is 0.420. The van der Waals surface area contributed by atoms with Crippen LogP contribution in [0.25, 0.3) is 10.2 Å². The van der Waals surface area contributed by atoms with Crippen molar-refractivity contribution in [2.45, 2.75) is 23.0 Å². The highest BCUT2D eigenvalue weighted by molar-refractivity contribution is 7.91. The number of amides is 1. The number of carbonyl (C=O) groups is 1. The Morgan fingerprint density at radius 2 is 1.88 bits per heavy atom. The van der Waals surface area contributed by atoms with Crippen LogP contribution in [0.3, 0.4) is 0 Å². The zero-order valence-electron chi connectivity index (χ0n) is 17.7. The molecule has 0 spiro atoms. The number of thiazole rings is 1. The third kappa shape index (κ3) is 4.47. The Labute approximate surface area is 196 Å². The number of hydrogen-bond acceptors (Lipinski definition) is 7. The number of fused-ring (bicyclic) bond motifs is 1. The molecule has 0 saturated carbocycles. The second-order valence-electron chi connectivity index (χ2n) is 8.31. The van der Waals surface area contributed by atoms with Gasteiger partial charge in [-0.05, 0) is 36.4 Å². The lowest BCUT2D eigenvalue weighted by atomic mass is 9.98. The van der Waals surface area contributed by atoms with Crippen molar-refractivity contribution in [1.82, 2.24) is 19.1 Å². The molecule has 32 heavy (non-hydrogen) atoms. The molecular weight excluding hydrogens is 464 g/mol. The average molecular weight is 491 g/mol. The Hall–Kier alpha value is -1.85. The summed E-state index contributed by atoms with van der Waals surface area (Å²) in [7, 11) is -3.42. The molecule has 0 radical (unpaired) electrons. The van der Waals surface area contributed by atoms with E-state index in [-0.39, 0.29) is 11.8 Å². The van der Waals surface area contributed by atoms with E-state index in [9.17, 15) is 13.2 Å². The highest BCUT2D eigenvalue weighted by Crippen LogP contribution is 2.33. The Kier molecular flexibility index (Phi) is 6.31. The molecule has 3 aromatic rings. The van der Waals surface area contributed by atoms with Gasteiger partial charge in [-0.3, -0.25) is 9.69 Å². The summed E-state index contributed by atoms with van der Waals surface area (Å²) in [6.45, 7) is 3.83. The second-order valence-corrected chi connectivity index (χ2v) is 12.5. The van der Waals surface area contributed by atoms with Gasteiger partial charge >= 0.3 is 0 Å². The Balaban J connectivity index is 1.17. The van der Waals surface area contributed by atoms with Gasteiger partial charge in [-0.1, -0.05) is 18.2 Å². The number of benzene rings is 1. The van der Waals surface area contributed by atoms with Gasteiger partial charge in [0.25, 0.3) is 10.0 Å². The van der Waals surface area contributed by atoms with Crippen LogP contribution in [0.1, 0.15) is 23.8 Å². The van der Waals surface area contributed by atoms with E-state index in [0.717, 1.165) is 29.9 Å². The van der Waals surface area contributed by atoms with Crippen LogP contribution >= 0.6 is 22.7 Å². The van der Waals surface area contributed by atoms with Crippen molar-refractivity contribution in [3.05, 3.63) is 46.8 Å². The van der Waals surface area contributed by atoms with Gasteiger partial charge in [0, 0.05) is 45.2 Å². The average Bonchev–Trinajstić information content (AvgIpc) is 3.50. The third-order valence-electron chi connectivity index (χ3n) is 6.21. The number of aromatic nitrogens is 1. The summed E-state index contributed by atoms with van der Waals surface area (Å²) in [4.78, 5) is 21.9. The number of para-hydroxylation sites is 1. The number of likely N-dealkylation sites (tertiary alicyclic amines) is 1. The third-order valence-corrected chi connectivity index (χ3v) is 10.7. The summed E-state index contributed by atoms with van der Waals surface area (Å²) in [6.07, 6.45) is 2.04. The first-order valence-corrected chi connectivity index (χ1v) is 14.0. The number of carbonyl (C=O) groups excluding carboxylic acids is 1. The smallest absolute Gasteiger partial charge is 0.252 e. The minimum absolute atomic E-state index is 0.130. The van der Waals surface area contributed by atoms with Crippen molar-refractivity contribution in [3.63, 3.8) is 0 Å². The highest BCUT2D eigenvalue weighted by atomic mass is 32.2. The molecule has 1 atom stereocenters. The number of piperidine rings is 1. The van der Waals surface area contributed by atoms with Gasteiger partial charge < -0.3 is 4.90 Å². The predicted octanol–water partition coefficient (Wildman–Crippen LogP) is 3.07. The minimum Gasteiger partial charge on any atom is -0.341 e. The van der Waals surface area contributed by atoms with E-state index in [2.05, 4.69) is 11.0 Å². The number of sulfonamides is 1. The van der Waals surface area contributed by atoms with Crippen molar-refractivity contribution in [3.8, 4) is 0 Å². The van der Waals surface area contributed by atoms with Gasteiger partial charge in [-0.25, -0.2) is 13.4 Å². The number of thiophene rings is 1. The molecule has 0 N–H and O–H groups in total. The molecule has 1 amide bonds. The Morgan fingerprint density at radius 3 is 2.62 bits per heavy atom. The maximum Gasteiger partial charge on any atom is 0.252 e. The normalized spacial score (nSPS) is 21.2. The fourth-order valence-corrected chi connectivity index (χ4v) is 8.09. The summed E-state index contributed by atoms with van der Waals surface area (Å²) in [5.41, 5.74) is 1.03. The molecule has 10 heteroatoms. The van der Waals surface area contributed by atoms with Gasteiger partial charge in [-0.15, -0.1) is 22.7 Å². The number of piperazine rings is 1. The number of nitrogens with zero attached hydrogens (tertiary/aromatic N) is 4. The second kappa shape index (κ2) is 9.18. The Bertz CT molecular complexity index is 1150. The van der Waals surface area contributed by atoms with Gasteiger partial charge in [0.1, 0.15) is 4.21 Å². The van der Waals surface area contributed by atoms with Crippen LogP contribution in [0.4, 0.5) is 0 Å². The molecule has 2 aromatic heterocycles. The zero-order valence-corrected chi connectivity index (χ0v) is 20.2. The SMILES string of the molecule is O=C(CN1CCN(S(=O)(=O)c2cccs2)CC1)N1CCC[C@@H](c2nc3ccccc3s2)C1. The van der Waals surface area contributed by atoms with E-state index < -0.39 is 10.0 Å². The van der Waals surface area contributed by atoms with Crippen LogP contribution in [0.5, 0.6) is 0 Å². The standard InChI is InChI=1S/C22H26N4O3S3/c27-20(16-24-10-12-26(13-11-24)32(28,29)21-8-4-14-30-21)25-9-3-5-17(15-25)22-23-18-6-1-2-7-19(18)31-22/h1-2,4,6-8,14,17H,3,5,9-13,15-16H2/t17-/m1/s1. The van der Waals surface area contributed by atoms with Crippen LogP contribution in [0.2, 0.25) is 0 Å². The topological polar surface area (TPSA) is 73.8 Å². The molecule has 0 aliphatic carbocycles. The molecular formula is C22H26N4O3S3. The van der Waals surface area contributed by atoms with Gasteiger partial charge in [-0.2, -0.15) is 4.31 Å². The van der Waals surface area contributed by atoms with Crippen molar-refractivity contribution in [2.75, 3.05) is 45.8 Å². The molecule has 5 rings (SSSR count). The van der Waals surface area contributed by atoms with Crippen LogP contribution in [-0.4, -0.2) is 79.2 Å². The quantitative estimate of drug-likeness (QED) is 0.550. The van der Waals surface area contributed by atoms with E-state index in [1.54, 1.807) is 28.8 Å². The first-order chi connectivity index (χ1) is 15.5. The molecule has 170 valence electrons. The van der Waals surface area contributed by atoms with Crippen LogP contribution in [0, 0.1) is 0 Å². The molecule has 0 bridgehead atoms. The molecule has 1 aromatic carbocycles. The first-order valence-electron chi connectivity index (χ1n) is 10.9. The van der Waals surface area contributed by atoms with Crippen LogP contribution < -0.4 is 0 Å². The molecule has 2 saturated heterocycles.